The Morgan fingerprint density at radius 1 is 1.19 bits per heavy atom. The van der Waals surface area contributed by atoms with Crippen LogP contribution < -0.4 is 0 Å². The van der Waals surface area contributed by atoms with Crippen LogP contribution in [0, 0.1) is 0 Å². The lowest BCUT2D eigenvalue weighted by Gasteiger charge is -2.06. The van der Waals surface area contributed by atoms with Crippen LogP contribution in [0.1, 0.15) is 12.0 Å². The minimum absolute atomic E-state index is 0.0318. The number of nitrogens with zero attached hydrogens (tertiary/aromatic N) is 2. The van der Waals surface area contributed by atoms with Crippen LogP contribution in [-0.2, 0) is 26.1 Å². The number of aryl methyl sites for hydroxylation is 1. The Bertz CT molecular complexity index is 1240. The lowest BCUT2D eigenvalue weighted by molar-refractivity contribution is -0.115. The molecule has 0 spiro atoms. The maximum Gasteiger partial charge on any atom is 0.158 e. The minimum atomic E-state index is -0.935. The molecule has 0 amide bonds. The van der Waals surface area contributed by atoms with Gasteiger partial charge in [0.1, 0.15) is 18.1 Å². The summed E-state index contributed by atoms with van der Waals surface area (Å²) >= 11 is 0. The normalized spacial score (nSPS) is 14.1. The van der Waals surface area contributed by atoms with E-state index in [4.69, 9.17) is 14.2 Å². The molecule has 1 heterocycles. The molecule has 1 atom stereocenters. The number of fused-ring (bicyclic) bond motifs is 1. The van der Waals surface area contributed by atoms with Crippen molar-refractivity contribution in [3.8, 4) is 0 Å². The molecule has 0 aliphatic rings. The number of carbonyl (C=O) groups excluding carboxylic acids is 1. The van der Waals surface area contributed by atoms with Crippen molar-refractivity contribution in [1.29, 1.82) is 0 Å². The summed E-state index contributed by atoms with van der Waals surface area (Å²) < 4.78 is 18.0. The highest BCUT2D eigenvalue weighted by Crippen LogP contribution is 2.17. The fourth-order valence-electron chi connectivity index (χ4n) is 3.13. The SMILES string of the molecule is C=C/C=C\N=CCOC(/C=C/OC)=C/C(=C/C=C/C(O)CC(=O)/C=C/c1ccc2ccn(C)c2c1)OC. The predicted molar refractivity (Wildman–Crippen MR) is 150 cm³/mol. The summed E-state index contributed by atoms with van der Waals surface area (Å²) in [5.74, 6) is 0.784. The first-order valence-electron chi connectivity index (χ1n) is 11.7. The van der Waals surface area contributed by atoms with Crippen LogP contribution in [0.4, 0.5) is 0 Å². The van der Waals surface area contributed by atoms with E-state index in [1.165, 1.54) is 32.6 Å². The molecule has 7 heteroatoms. The number of benzene rings is 1. The van der Waals surface area contributed by atoms with Crippen LogP contribution in [0.3, 0.4) is 0 Å². The quantitative estimate of drug-likeness (QED) is 0.152. The van der Waals surface area contributed by atoms with Crippen molar-refractivity contribution >= 4 is 29.0 Å². The molecule has 194 valence electrons. The van der Waals surface area contributed by atoms with Crippen LogP contribution in [-0.4, -0.2) is 48.6 Å². The lowest BCUT2D eigenvalue weighted by atomic mass is 10.1. The van der Waals surface area contributed by atoms with Crippen LogP contribution in [0.5, 0.6) is 0 Å². The molecule has 37 heavy (non-hydrogen) atoms. The van der Waals surface area contributed by atoms with Crippen molar-refractivity contribution in [2.75, 3.05) is 20.8 Å². The Kier molecular flexibility index (Phi) is 12.7. The average Bonchev–Trinajstić information content (AvgIpc) is 3.26. The molecule has 0 radical (unpaired) electrons. The molecule has 1 unspecified atom stereocenters. The zero-order valence-corrected chi connectivity index (χ0v) is 21.5. The molecular weight excluding hydrogens is 468 g/mol. The van der Waals surface area contributed by atoms with Gasteiger partial charge in [0, 0.05) is 49.7 Å². The summed E-state index contributed by atoms with van der Waals surface area (Å²) in [6, 6.07) is 8.04. The second-order valence-corrected chi connectivity index (χ2v) is 7.78. The van der Waals surface area contributed by atoms with Crippen molar-refractivity contribution in [3.63, 3.8) is 0 Å². The topological polar surface area (TPSA) is 82.3 Å². The fraction of sp³-hybridized carbons (Fsp3) is 0.200. The number of aromatic nitrogens is 1. The van der Waals surface area contributed by atoms with Crippen molar-refractivity contribution < 1.29 is 24.1 Å². The highest BCUT2D eigenvalue weighted by atomic mass is 16.5. The van der Waals surface area contributed by atoms with Gasteiger partial charge in [-0.05, 0) is 41.3 Å². The van der Waals surface area contributed by atoms with Gasteiger partial charge in [0.2, 0.25) is 0 Å². The van der Waals surface area contributed by atoms with Gasteiger partial charge in [-0.2, -0.15) is 0 Å². The fourth-order valence-corrected chi connectivity index (χ4v) is 3.13. The molecule has 0 bridgehead atoms. The third-order valence-corrected chi connectivity index (χ3v) is 5.00. The van der Waals surface area contributed by atoms with Crippen molar-refractivity contribution in [3.05, 3.63) is 115 Å². The smallest absolute Gasteiger partial charge is 0.158 e. The first kappa shape index (κ1) is 28.9. The van der Waals surface area contributed by atoms with Gasteiger partial charge in [0.05, 0.1) is 26.6 Å². The van der Waals surface area contributed by atoms with Crippen molar-refractivity contribution in [1.82, 2.24) is 4.57 Å². The van der Waals surface area contributed by atoms with E-state index < -0.39 is 6.10 Å². The van der Waals surface area contributed by atoms with E-state index in [0.29, 0.717) is 11.5 Å². The van der Waals surface area contributed by atoms with Gasteiger partial charge in [-0.25, -0.2) is 0 Å². The average molecular weight is 503 g/mol. The maximum atomic E-state index is 12.3. The molecular formula is C30H34N2O5. The van der Waals surface area contributed by atoms with Crippen LogP contribution in [0.15, 0.2) is 115 Å². The highest BCUT2D eigenvalue weighted by molar-refractivity contribution is 5.94. The predicted octanol–water partition coefficient (Wildman–Crippen LogP) is 5.43. The van der Waals surface area contributed by atoms with E-state index in [0.717, 1.165) is 16.5 Å². The number of allylic oxidation sites excluding steroid dienone is 7. The number of aliphatic imine (C=N–C) groups is 1. The summed E-state index contributed by atoms with van der Waals surface area (Å²) in [6.45, 7) is 3.81. The zero-order valence-electron chi connectivity index (χ0n) is 21.5. The van der Waals surface area contributed by atoms with Gasteiger partial charge in [-0.3, -0.25) is 9.79 Å². The lowest BCUT2D eigenvalue weighted by Crippen LogP contribution is -2.08. The summed E-state index contributed by atoms with van der Waals surface area (Å²) in [7, 11) is 5.03. The Hall–Kier alpha value is -4.36. The standard InChI is InChI=1S/C30H34N2O5/c1-5-6-16-31-17-20-37-29(15-19-35-3)23-28(36-4)9-7-8-26(33)22-27(34)13-11-24-10-12-25-14-18-32(2)30(25)21-24/h5-19,21,23,26,33H,1,20,22H2,2-4H3/b8-7+,13-11+,16-6-,19-15+,28-9-,29-23+,31-17?. The van der Waals surface area contributed by atoms with Crippen LogP contribution in [0.2, 0.25) is 0 Å². The second-order valence-electron chi connectivity index (χ2n) is 7.78. The molecule has 0 fully saturated rings. The van der Waals surface area contributed by atoms with Crippen molar-refractivity contribution in [2.45, 2.75) is 12.5 Å². The van der Waals surface area contributed by atoms with E-state index >= 15 is 0 Å². The highest BCUT2D eigenvalue weighted by Gasteiger charge is 2.05. The monoisotopic (exact) mass is 502 g/mol. The number of ketones is 1. The molecule has 0 aliphatic carbocycles. The molecule has 2 aromatic rings. The number of rotatable bonds is 15. The number of hydrogen-bond donors (Lipinski definition) is 1. The van der Waals surface area contributed by atoms with E-state index in [1.54, 1.807) is 54.9 Å². The first-order chi connectivity index (χ1) is 18.0. The Balaban J connectivity index is 1.95. The Morgan fingerprint density at radius 3 is 2.78 bits per heavy atom. The van der Waals surface area contributed by atoms with Crippen LogP contribution >= 0.6 is 0 Å². The summed E-state index contributed by atoms with van der Waals surface area (Å²) in [4.78, 5) is 16.3. The van der Waals surface area contributed by atoms with Gasteiger partial charge >= 0.3 is 0 Å². The number of carbonyl (C=O) groups is 1. The molecule has 1 N–H and O–H groups in total. The number of methoxy groups -OCH3 is 2. The number of ether oxygens (including phenoxy) is 3. The van der Waals surface area contributed by atoms with Gasteiger partial charge in [-0.1, -0.05) is 43.0 Å². The molecule has 1 aromatic heterocycles. The Morgan fingerprint density at radius 2 is 2.03 bits per heavy atom. The zero-order chi connectivity index (χ0) is 26.9. The number of aliphatic hydroxyl groups excluding tert-OH is 1. The maximum absolute atomic E-state index is 12.3. The Labute approximate surface area is 218 Å². The molecule has 2 rings (SSSR count). The minimum Gasteiger partial charge on any atom is -0.504 e. The third kappa shape index (κ3) is 10.8. The van der Waals surface area contributed by atoms with Gasteiger partial charge in [0.25, 0.3) is 0 Å². The van der Waals surface area contributed by atoms with Crippen LogP contribution in [0.25, 0.3) is 17.0 Å². The van der Waals surface area contributed by atoms with Gasteiger partial charge < -0.3 is 23.9 Å². The molecule has 0 aliphatic heterocycles. The van der Waals surface area contributed by atoms with Gasteiger partial charge in [-0.15, -0.1) is 0 Å². The van der Waals surface area contributed by atoms with E-state index in [9.17, 15) is 9.90 Å². The first-order valence-corrected chi connectivity index (χ1v) is 11.7. The molecule has 0 saturated carbocycles. The largest absolute Gasteiger partial charge is 0.504 e. The van der Waals surface area contributed by atoms with E-state index in [2.05, 4.69) is 11.6 Å². The third-order valence-electron chi connectivity index (χ3n) is 5.00. The molecule has 0 saturated heterocycles. The van der Waals surface area contributed by atoms with Crippen molar-refractivity contribution in [2.24, 2.45) is 12.0 Å². The van der Waals surface area contributed by atoms with Gasteiger partial charge in [0.15, 0.2) is 5.78 Å². The summed E-state index contributed by atoms with van der Waals surface area (Å²) in [5, 5.41) is 11.4. The molecule has 7 nitrogen and oxygen atoms in total. The van der Waals surface area contributed by atoms with E-state index in [1.807, 2.05) is 42.1 Å². The molecule has 1 aromatic carbocycles. The second kappa shape index (κ2) is 16.3. The summed E-state index contributed by atoms with van der Waals surface area (Å²) in [6.07, 6.45) is 20.4. The number of aliphatic hydroxyl groups is 1. The number of hydrogen-bond acceptors (Lipinski definition) is 6. The van der Waals surface area contributed by atoms with E-state index in [-0.39, 0.29) is 18.8 Å². The summed E-state index contributed by atoms with van der Waals surface area (Å²) in [5.41, 5.74) is 2.01.